The molecule has 2 aromatic carbocycles. The Labute approximate surface area is 188 Å². The zero-order valence-corrected chi connectivity index (χ0v) is 18.1. The number of esters is 1. The van der Waals surface area contributed by atoms with Crippen molar-refractivity contribution in [1.29, 1.82) is 5.26 Å². The Bertz CT molecular complexity index is 1540. The Kier molecular flexibility index (Phi) is 5.50. The number of rotatable bonds is 4. The van der Waals surface area contributed by atoms with Crippen molar-refractivity contribution in [3.05, 3.63) is 98.5 Å². The molecule has 0 aliphatic carbocycles. The van der Waals surface area contributed by atoms with Gasteiger partial charge in [-0.25, -0.2) is 14.3 Å². The van der Waals surface area contributed by atoms with E-state index in [4.69, 9.17) is 10.00 Å². The molecule has 0 unspecified atom stereocenters. The summed E-state index contributed by atoms with van der Waals surface area (Å²) in [5.41, 5.74) is 1.97. The van der Waals surface area contributed by atoms with Crippen LogP contribution in [-0.4, -0.2) is 32.0 Å². The summed E-state index contributed by atoms with van der Waals surface area (Å²) in [4.78, 5) is 38.2. The van der Waals surface area contributed by atoms with Crippen molar-refractivity contribution in [3.8, 4) is 28.7 Å². The van der Waals surface area contributed by atoms with E-state index >= 15 is 0 Å². The van der Waals surface area contributed by atoms with Crippen LogP contribution >= 0.6 is 0 Å². The topological polar surface area (TPSA) is 112 Å². The second-order valence-electron chi connectivity index (χ2n) is 7.27. The first kappa shape index (κ1) is 21.5. The lowest BCUT2D eigenvalue weighted by molar-refractivity contribution is 0.0600. The molecule has 2 heterocycles. The first-order chi connectivity index (χ1) is 15.9. The van der Waals surface area contributed by atoms with E-state index < -0.39 is 17.2 Å². The van der Waals surface area contributed by atoms with E-state index in [2.05, 4.69) is 11.2 Å². The third-order valence-electron chi connectivity index (χ3n) is 5.36. The Hall–Kier alpha value is -4.71. The Morgan fingerprint density at radius 3 is 2.45 bits per heavy atom. The van der Waals surface area contributed by atoms with Gasteiger partial charge in [0.05, 0.1) is 53.1 Å². The van der Waals surface area contributed by atoms with Gasteiger partial charge in [-0.2, -0.15) is 10.4 Å². The van der Waals surface area contributed by atoms with Gasteiger partial charge in [0.25, 0.3) is 5.56 Å². The lowest BCUT2D eigenvalue weighted by Crippen LogP contribution is -2.40. The minimum atomic E-state index is -0.548. The average molecular weight is 441 g/mol. The Morgan fingerprint density at radius 2 is 1.79 bits per heavy atom. The maximum atomic E-state index is 13.2. The number of carbonyl (C=O) groups is 1. The third kappa shape index (κ3) is 3.64. The molecule has 164 valence electrons. The van der Waals surface area contributed by atoms with E-state index in [9.17, 15) is 14.4 Å². The standard InChI is InChI=1S/C24H19N5O4/c1-15-21(20-11-12-26-29(20)18-9-7-16(14-25)8-10-18)22(30)27(2)24(32)28(15)19-6-4-5-17(13-19)23(31)33-3/h4-13H,1-3H3. The normalized spacial score (nSPS) is 10.6. The number of hydrogen-bond acceptors (Lipinski definition) is 6. The summed E-state index contributed by atoms with van der Waals surface area (Å²) in [6.07, 6.45) is 1.56. The average Bonchev–Trinajstić information content (AvgIpc) is 3.32. The SMILES string of the molecule is COC(=O)c1cccc(-n2c(C)c(-c3ccnn3-c3ccc(C#N)cc3)c(=O)n(C)c2=O)c1. The van der Waals surface area contributed by atoms with Crippen molar-refractivity contribution >= 4 is 5.97 Å². The van der Waals surface area contributed by atoms with Crippen LogP contribution in [0.1, 0.15) is 21.6 Å². The predicted octanol–water partition coefficient (Wildman–Crippen LogP) is 2.36. The number of nitriles is 1. The van der Waals surface area contributed by atoms with Gasteiger partial charge in [-0.15, -0.1) is 0 Å². The fourth-order valence-corrected chi connectivity index (χ4v) is 3.68. The number of ether oxygens (including phenoxy) is 1. The molecule has 2 aromatic heterocycles. The summed E-state index contributed by atoms with van der Waals surface area (Å²) in [5, 5.41) is 13.4. The highest BCUT2D eigenvalue weighted by Crippen LogP contribution is 2.24. The van der Waals surface area contributed by atoms with Crippen LogP contribution in [0.15, 0.2) is 70.4 Å². The molecule has 0 amide bonds. The molecule has 0 N–H and O–H groups in total. The number of nitrogens with zero attached hydrogens (tertiary/aromatic N) is 5. The molecule has 9 nitrogen and oxygen atoms in total. The number of carbonyl (C=O) groups excluding carboxylic acids is 1. The van der Waals surface area contributed by atoms with Crippen LogP contribution in [0.5, 0.6) is 0 Å². The predicted molar refractivity (Wildman–Crippen MR) is 121 cm³/mol. The van der Waals surface area contributed by atoms with E-state index in [1.54, 1.807) is 66.3 Å². The smallest absolute Gasteiger partial charge is 0.337 e. The lowest BCUT2D eigenvalue weighted by atomic mass is 10.1. The minimum absolute atomic E-state index is 0.277. The zero-order valence-electron chi connectivity index (χ0n) is 18.1. The zero-order chi connectivity index (χ0) is 23.7. The fourth-order valence-electron chi connectivity index (χ4n) is 3.68. The summed E-state index contributed by atoms with van der Waals surface area (Å²) >= 11 is 0. The Balaban J connectivity index is 1.97. The van der Waals surface area contributed by atoms with Crippen molar-refractivity contribution in [1.82, 2.24) is 18.9 Å². The Morgan fingerprint density at radius 1 is 1.06 bits per heavy atom. The molecule has 0 saturated heterocycles. The summed E-state index contributed by atoms with van der Waals surface area (Å²) in [5.74, 6) is -0.536. The number of methoxy groups -OCH3 is 1. The van der Waals surface area contributed by atoms with Crippen molar-refractivity contribution in [2.45, 2.75) is 6.92 Å². The van der Waals surface area contributed by atoms with Crippen LogP contribution in [0.4, 0.5) is 0 Å². The molecule has 0 fully saturated rings. The molecule has 0 aliphatic rings. The van der Waals surface area contributed by atoms with E-state index in [1.165, 1.54) is 24.8 Å². The van der Waals surface area contributed by atoms with Crippen molar-refractivity contribution in [2.75, 3.05) is 7.11 Å². The molecule has 4 rings (SSSR count). The molecular formula is C24H19N5O4. The van der Waals surface area contributed by atoms with Crippen LogP contribution in [0, 0.1) is 18.3 Å². The summed E-state index contributed by atoms with van der Waals surface area (Å²) in [6.45, 7) is 1.67. The van der Waals surface area contributed by atoms with Crippen LogP contribution < -0.4 is 11.2 Å². The summed E-state index contributed by atoms with van der Waals surface area (Å²) in [6, 6.07) is 16.9. The molecule has 9 heteroatoms. The van der Waals surface area contributed by atoms with E-state index in [0.717, 1.165) is 4.57 Å². The first-order valence-electron chi connectivity index (χ1n) is 9.93. The van der Waals surface area contributed by atoms with Crippen molar-refractivity contribution in [3.63, 3.8) is 0 Å². The molecule has 0 atom stereocenters. The molecule has 0 aliphatic heterocycles. The summed E-state index contributed by atoms with van der Waals surface area (Å²) < 4.78 is 8.75. The molecule has 0 radical (unpaired) electrons. The highest BCUT2D eigenvalue weighted by atomic mass is 16.5. The maximum absolute atomic E-state index is 13.2. The summed E-state index contributed by atoms with van der Waals surface area (Å²) in [7, 11) is 2.68. The third-order valence-corrected chi connectivity index (χ3v) is 5.36. The molecule has 0 bridgehead atoms. The lowest BCUT2D eigenvalue weighted by Gasteiger charge is -2.17. The van der Waals surface area contributed by atoms with Gasteiger partial charge in [0.15, 0.2) is 0 Å². The molecule has 4 aromatic rings. The maximum Gasteiger partial charge on any atom is 0.337 e. The van der Waals surface area contributed by atoms with Gasteiger partial charge >= 0.3 is 11.7 Å². The highest BCUT2D eigenvalue weighted by Gasteiger charge is 2.21. The van der Waals surface area contributed by atoms with Gasteiger partial charge < -0.3 is 4.74 Å². The number of hydrogen-bond donors (Lipinski definition) is 0. The van der Waals surface area contributed by atoms with Gasteiger partial charge in [0, 0.05) is 12.7 Å². The molecule has 33 heavy (non-hydrogen) atoms. The van der Waals surface area contributed by atoms with Crippen LogP contribution in [0.3, 0.4) is 0 Å². The first-order valence-corrected chi connectivity index (χ1v) is 9.93. The van der Waals surface area contributed by atoms with Crippen LogP contribution in [-0.2, 0) is 11.8 Å². The van der Waals surface area contributed by atoms with E-state index in [-0.39, 0.29) is 11.1 Å². The van der Waals surface area contributed by atoms with Crippen LogP contribution in [0.2, 0.25) is 0 Å². The molecule has 0 saturated carbocycles. The van der Waals surface area contributed by atoms with E-state index in [1.807, 2.05) is 0 Å². The van der Waals surface area contributed by atoms with Gasteiger partial charge in [0.2, 0.25) is 0 Å². The van der Waals surface area contributed by atoms with Gasteiger partial charge in [-0.1, -0.05) is 6.07 Å². The number of benzene rings is 2. The largest absolute Gasteiger partial charge is 0.465 e. The van der Waals surface area contributed by atoms with E-state index in [0.29, 0.717) is 28.3 Å². The van der Waals surface area contributed by atoms with Gasteiger partial charge in [0.1, 0.15) is 0 Å². The van der Waals surface area contributed by atoms with Gasteiger partial charge in [-0.3, -0.25) is 13.9 Å². The minimum Gasteiger partial charge on any atom is -0.465 e. The quantitative estimate of drug-likeness (QED) is 0.450. The highest BCUT2D eigenvalue weighted by molar-refractivity contribution is 5.90. The van der Waals surface area contributed by atoms with Gasteiger partial charge in [-0.05, 0) is 55.5 Å². The molecular weight excluding hydrogens is 422 g/mol. The van der Waals surface area contributed by atoms with Crippen LogP contribution in [0.25, 0.3) is 22.6 Å². The molecule has 0 spiro atoms. The van der Waals surface area contributed by atoms with Crippen molar-refractivity contribution < 1.29 is 9.53 Å². The second-order valence-corrected chi connectivity index (χ2v) is 7.27. The fraction of sp³-hybridized carbons (Fsp3) is 0.125. The number of aromatic nitrogens is 4. The van der Waals surface area contributed by atoms with Crippen molar-refractivity contribution in [2.24, 2.45) is 7.05 Å². The second kappa shape index (κ2) is 8.43. The monoisotopic (exact) mass is 441 g/mol.